The Morgan fingerprint density at radius 3 is 2.56 bits per heavy atom. The van der Waals surface area contributed by atoms with Crippen molar-refractivity contribution in [2.45, 2.75) is 49.8 Å². The van der Waals surface area contributed by atoms with Gasteiger partial charge in [0.2, 0.25) is 0 Å². The van der Waals surface area contributed by atoms with Gasteiger partial charge in [-0.3, -0.25) is 0 Å². The van der Waals surface area contributed by atoms with Gasteiger partial charge in [0.15, 0.2) is 15.7 Å². The molecule has 0 unspecified atom stereocenters. The summed E-state index contributed by atoms with van der Waals surface area (Å²) in [5, 5.41) is 0.442. The van der Waals surface area contributed by atoms with Crippen molar-refractivity contribution >= 4 is 32.2 Å². The first-order chi connectivity index (χ1) is 8.39. The molecule has 2 rings (SSSR count). The molecule has 1 aromatic heterocycles. The summed E-state index contributed by atoms with van der Waals surface area (Å²) in [7, 11) is -3.29. The van der Waals surface area contributed by atoms with Crippen molar-refractivity contribution in [3.8, 4) is 0 Å². The molecule has 2 N–H and O–H groups in total. The summed E-state index contributed by atoms with van der Waals surface area (Å²) >= 11 is 1.18. The van der Waals surface area contributed by atoms with Crippen LogP contribution in [0, 0.1) is 0 Å². The molecule has 0 spiro atoms. The van der Waals surface area contributed by atoms with Crippen LogP contribution in [0.15, 0.2) is 4.90 Å². The largest absolute Gasteiger partial charge is 0.382 e. The summed E-state index contributed by atoms with van der Waals surface area (Å²) in [5.74, 6) is 0.154. The second kappa shape index (κ2) is 4.70. The van der Waals surface area contributed by atoms with Gasteiger partial charge in [-0.2, -0.15) is 4.37 Å². The highest BCUT2D eigenvalue weighted by Crippen LogP contribution is 2.42. The standard InChI is InChI=1S/C11H19N3O2S2/c1-4-14(7(2)3)11-9(10(12)13-17-11)18(15,16)8-5-6-8/h7-8H,4-6H2,1-3H3,(H2,12,13). The van der Waals surface area contributed by atoms with Crippen LogP contribution in [-0.4, -0.2) is 30.6 Å². The molecule has 7 heteroatoms. The van der Waals surface area contributed by atoms with Crippen molar-refractivity contribution in [3.63, 3.8) is 0 Å². The van der Waals surface area contributed by atoms with Crippen LogP contribution in [0.25, 0.3) is 0 Å². The Hall–Kier alpha value is -0.820. The summed E-state index contributed by atoms with van der Waals surface area (Å²) in [5.41, 5.74) is 5.78. The van der Waals surface area contributed by atoms with Gasteiger partial charge in [-0.25, -0.2) is 8.42 Å². The first-order valence-corrected chi connectivity index (χ1v) is 8.47. The minimum Gasteiger partial charge on any atom is -0.382 e. The molecular formula is C11H19N3O2S2. The maximum Gasteiger partial charge on any atom is 0.187 e. The Morgan fingerprint density at radius 1 is 1.50 bits per heavy atom. The predicted molar refractivity (Wildman–Crippen MR) is 74.9 cm³/mol. The van der Waals surface area contributed by atoms with Crippen molar-refractivity contribution < 1.29 is 8.42 Å². The zero-order valence-corrected chi connectivity index (χ0v) is 12.5. The van der Waals surface area contributed by atoms with Crippen LogP contribution >= 0.6 is 11.5 Å². The molecule has 0 amide bonds. The van der Waals surface area contributed by atoms with Crippen molar-refractivity contribution in [2.24, 2.45) is 0 Å². The zero-order valence-electron chi connectivity index (χ0n) is 10.9. The van der Waals surface area contributed by atoms with E-state index < -0.39 is 9.84 Å². The SMILES string of the molecule is CCN(c1snc(N)c1S(=O)(=O)C1CC1)C(C)C. The van der Waals surface area contributed by atoms with Gasteiger partial charge in [-0.05, 0) is 45.1 Å². The first-order valence-electron chi connectivity index (χ1n) is 6.15. The summed E-state index contributed by atoms with van der Waals surface area (Å²) in [4.78, 5) is 2.29. The van der Waals surface area contributed by atoms with Gasteiger partial charge in [0, 0.05) is 12.6 Å². The van der Waals surface area contributed by atoms with Crippen LogP contribution in [-0.2, 0) is 9.84 Å². The number of nitrogen functional groups attached to an aromatic ring is 1. The third kappa shape index (κ3) is 2.21. The van der Waals surface area contributed by atoms with E-state index >= 15 is 0 Å². The van der Waals surface area contributed by atoms with E-state index in [0.29, 0.717) is 5.00 Å². The highest BCUT2D eigenvalue weighted by Gasteiger charge is 2.41. The van der Waals surface area contributed by atoms with Crippen LogP contribution in [0.3, 0.4) is 0 Å². The average Bonchev–Trinajstić information content (AvgIpc) is 3.05. The van der Waals surface area contributed by atoms with Gasteiger partial charge in [-0.15, -0.1) is 0 Å². The van der Waals surface area contributed by atoms with E-state index in [1.165, 1.54) is 11.5 Å². The second-order valence-corrected chi connectivity index (χ2v) is 7.74. The van der Waals surface area contributed by atoms with Crippen molar-refractivity contribution in [3.05, 3.63) is 0 Å². The predicted octanol–water partition coefficient (Wildman–Crippen LogP) is 1.90. The van der Waals surface area contributed by atoms with Crippen molar-refractivity contribution in [2.75, 3.05) is 17.2 Å². The van der Waals surface area contributed by atoms with E-state index in [1.807, 2.05) is 25.7 Å². The van der Waals surface area contributed by atoms with Crippen LogP contribution in [0.2, 0.25) is 0 Å². The zero-order chi connectivity index (χ0) is 13.5. The molecule has 102 valence electrons. The van der Waals surface area contributed by atoms with Crippen LogP contribution in [0.5, 0.6) is 0 Å². The molecule has 18 heavy (non-hydrogen) atoms. The normalized spacial score (nSPS) is 16.2. The van der Waals surface area contributed by atoms with E-state index in [1.54, 1.807) is 0 Å². The smallest absolute Gasteiger partial charge is 0.187 e. The number of aromatic nitrogens is 1. The molecule has 0 bridgehead atoms. The third-order valence-electron chi connectivity index (χ3n) is 3.13. The third-order valence-corrected chi connectivity index (χ3v) is 6.48. The Bertz CT molecular complexity index is 532. The fourth-order valence-electron chi connectivity index (χ4n) is 2.02. The maximum atomic E-state index is 12.4. The van der Waals surface area contributed by atoms with Gasteiger partial charge < -0.3 is 10.6 Å². The fourth-order valence-corrected chi connectivity index (χ4v) is 5.24. The Morgan fingerprint density at radius 2 is 2.11 bits per heavy atom. The van der Waals surface area contributed by atoms with Crippen LogP contribution in [0.1, 0.15) is 33.6 Å². The quantitative estimate of drug-likeness (QED) is 0.896. The number of anilines is 2. The molecule has 0 atom stereocenters. The molecule has 0 saturated heterocycles. The maximum absolute atomic E-state index is 12.4. The fraction of sp³-hybridized carbons (Fsp3) is 0.727. The van der Waals surface area contributed by atoms with Gasteiger partial charge in [0.25, 0.3) is 0 Å². The highest BCUT2D eigenvalue weighted by atomic mass is 32.2. The Balaban J connectivity index is 2.50. The lowest BCUT2D eigenvalue weighted by atomic mass is 10.3. The highest BCUT2D eigenvalue weighted by molar-refractivity contribution is 7.92. The summed E-state index contributed by atoms with van der Waals surface area (Å²) in [6, 6.07) is 0.225. The molecule has 0 aliphatic heterocycles. The monoisotopic (exact) mass is 289 g/mol. The molecule has 0 aromatic carbocycles. The minimum atomic E-state index is -3.29. The van der Waals surface area contributed by atoms with Gasteiger partial charge in [-0.1, -0.05) is 0 Å². The average molecular weight is 289 g/mol. The van der Waals surface area contributed by atoms with E-state index in [9.17, 15) is 8.42 Å². The summed E-state index contributed by atoms with van der Waals surface area (Å²) in [6.07, 6.45) is 1.48. The lowest BCUT2D eigenvalue weighted by molar-refractivity contribution is 0.594. The number of rotatable bonds is 5. The number of hydrogen-bond acceptors (Lipinski definition) is 6. The summed E-state index contributed by atoms with van der Waals surface area (Å²) in [6.45, 7) is 6.82. The van der Waals surface area contributed by atoms with Gasteiger partial charge >= 0.3 is 0 Å². The van der Waals surface area contributed by atoms with Crippen LogP contribution in [0.4, 0.5) is 10.8 Å². The molecule has 1 aliphatic rings. The van der Waals surface area contributed by atoms with E-state index in [-0.39, 0.29) is 22.0 Å². The van der Waals surface area contributed by atoms with E-state index in [4.69, 9.17) is 5.73 Å². The molecule has 5 nitrogen and oxygen atoms in total. The molecular weight excluding hydrogens is 270 g/mol. The first kappa shape index (κ1) is 13.6. The summed E-state index contributed by atoms with van der Waals surface area (Å²) < 4.78 is 28.8. The van der Waals surface area contributed by atoms with Gasteiger partial charge in [0.1, 0.15) is 9.90 Å². The van der Waals surface area contributed by atoms with Crippen molar-refractivity contribution in [1.82, 2.24) is 4.37 Å². The Labute approximate surface area is 112 Å². The van der Waals surface area contributed by atoms with Crippen LogP contribution < -0.4 is 10.6 Å². The van der Waals surface area contributed by atoms with E-state index in [2.05, 4.69) is 4.37 Å². The molecule has 1 fully saturated rings. The molecule has 1 heterocycles. The number of nitrogens with two attached hydrogens (primary N) is 1. The number of hydrogen-bond donors (Lipinski definition) is 1. The van der Waals surface area contributed by atoms with E-state index in [0.717, 1.165) is 19.4 Å². The molecule has 1 saturated carbocycles. The number of sulfone groups is 1. The van der Waals surface area contributed by atoms with Crippen molar-refractivity contribution in [1.29, 1.82) is 0 Å². The lowest BCUT2D eigenvalue weighted by Crippen LogP contribution is -2.31. The lowest BCUT2D eigenvalue weighted by Gasteiger charge is -2.26. The Kier molecular flexibility index (Phi) is 3.55. The minimum absolute atomic E-state index is 0.154. The van der Waals surface area contributed by atoms with Gasteiger partial charge in [0.05, 0.1) is 5.25 Å². The molecule has 1 aliphatic carbocycles. The topological polar surface area (TPSA) is 76.3 Å². The molecule has 1 aromatic rings. The second-order valence-electron chi connectivity index (χ2n) is 4.83. The number of nitrogens with zero attached hydrogens (tertiary/aromatic N) is 2. The molecule has 0 radical (unpaired) electrons.